The van der Waals surface area contributed by atoms with Gasteiger partial charge in [0.2, 0.25) is 0 Å². The van der Waals surface area contributed by atoms with Crippen LogP contribution in [0.15, 0.2) is 24.8 Å². The van der Waals surface area contributed by atoms with Crippen molar-refractivity contribution in [2.45, 2.75) is 25.1 Å². The Labute approximate surface area is 131 Å². The Morgan fingerprint density at radius 2 is 2.14 bits per heavy atom. The lowest BCUT2D eigenvalue weighted by molar-refractivity contribution is 0.253. The summed E-state index contributed by atoms with van der Waals surface area (Å²) in [6.07, 6.45) is 2.78. The number of nitrogen functional groups attached to an aromatic ring is 1. The van der Waals surface area contributed by atoms with Gasteiger partial charge in [-0.2, -0.15) is 0 Å². The van der Waals surface area contributed by atoms with E-state index in [9.17, 15) is 5.11 Å². The molecule has 0 amide bonds. The van der Waals surface area contributed by atoms with Gasteiger partial charge < -0.3 is 31.1 Å². The van der Waals surface area contributed by atoms with Crippen molar-refractivity contribution >= 4 is 17.1 Å². The Morgan fingerprint density at radius 3 is 2.68 bits per heavy atom. The molecule has 1 aliphatic heterocycles. The first kappa shape index (κ1) is 16.5. The van der Waals surface area contributed by atoms with E-state index in [1.54, 1.807) is 13.2 Å². The molecule has 1 aromatic carbocycles. The van der Waals surface area contributed by atoms with Gasteiger partial charge in [0, 0.05) is 25.2 Å². The highest BCUT2D eigenvalue weighted by Crippen LogP contribution is 2.37. The maximum absolute atomic E-state index is 9.80. The number of rotatable bonds is 6. The molecule has 1 saturated heterocycles. The normalized spacial score (nSPS) is 17.1. The number of anilines is 3. The van der Waals surface area contributed by atoms with E-state index in [0.717, 1.165) is 37.3 Å². The summed E-state index contributed by atoms with van der Waals surface area (Å²) in [5.74, 6) is 0.643. The highest BCUT2D eigenvalue weighted by Gasteiger charge is 2.21. The van der Waals surface area contributed by atoms with Gasteiger partial charge in [-0.05, 0) is 32.0 Å². The summed E-state index contributed by atoms with van der Waals surface area (Å²) in [4.78, 5) is 2.29. The maximum atomic E-state index is 9.80. The number of ether oxygens (including phenoxy) is 1. The Bertz CT molecular complexity index is 513. The fraction of sp³-hybridized carbons (Fsp3) is 0.500. The van der Waals surface area contributed by atoms with Gasteiger partial charge >= 0.3 is 0 Å². The molecule has 0 saturated carbocycles. The van der Waals surface area contributed by atoms with Gasteiger partial charge in [0.05, 0.1) is 24.2 Å². The van der Waals surface area contributed by atoms with E-state index in [-0.39, 0.29) is 0 Å². The number of hydrogen-bond acceptors (Lipinski definition) is 6. The number of aliphatic hydroxyl groups excluding tert-OH is 1. The molecule has 1 fully saturated rings. The van der Waals surface area contributed by atoms with E-state index in [0.29, 0.717) is 17.5 Å². The summed E-state index contributed by atoms with van der Waals surface area (Å²) in [7, 11) is 3.61. The number of benzene rings is 1. The van der Waals surface area contributed by atoms with Crippen molar-refractivity contribution in [2.75, 3.05) is 43.2 Å². The standard InChI is InChI=1S/C16H26N4O2/c1-4-16(21)19-13-9-12(17)15(22-3)10-14(13)20-7-5-11(18-2)6-8-20/h4,9-11,16,18-19,21H,1,5-8,17H2,2-3H3/t16-/m0/s1. The number of methoxy groups -OCH3 is 1. The lowest BCUT2D eigenvalue weighted by atomic mass is 10.0. The minimum atomic E-state index is -0.818. The molecule has 6 heteroatoms. The third kappa shape index (κ3) is 3.64. The average Bonchev–Trinajstić information content (AvgIpc) is 2.55. The molecule has 2 rings (SSSR count). The fourth-order valence-electron chi connectivity index (χ4n) is 2.77. The summed E-state index contributed by atoms with van der Waals surface area (Å²) in [6.45, 7) is 5.47. The van der Waals surface area contributed by atoms with Crippen LogP contribution in [-0.2, 0) is 0 Å². The van der Waals surface area contributed by atoms with Crippen molar-refractivity contribution in [2.24, 2.45) is 0 Å². The summed E-state index contributed by atoms with van der Waals surface area (Å²) in [5.41, 5.74) is 8.30. The molecule has 0 bridgehead atoms. The van der Waals surface area contributed by atoms with Crippen LogP contribution in [0.1, 0.15) is 12.8 Å². The predicted octanol–water partition coefficient (Wildman–Crippen LogP) is 1.38. The molecule has 0 aromatic heterocycles. The number of aliphatic hydroxyl groups is 1. The summed E-state index contributed by atoms with van der Waals surface area (Å²) < 4.78 is 5.33. The smallest absolute Gasteiger partial charge is 0.143 e. The van der Waals surface area contributed by atoms with Crippen molar-refractivity contribution in [3.05, 3.63) is 24.8 Å². The number of piperidine rings is 1. The maximum Gasteiger partial charge on any atom is 0.143 e. The molecule has 1 heterocycles. The van der Waals surface area contributed by atoms with E-state index in [2.05, 4.69) is 22.1 Å². The number of nitrogens with one attached hydrogen (secondary N) is 2. The van der Waals surface area contributed by atoms with Gasteiger partial charge in [0.15, 0.2) is 0 Å². The third-order valence-corrected chi connectivity index (χ3v) is 4.12. The molecular formula is C16H26N4O2. The molecule has 1 aromatic rings. The van der Waals surface area contributed by atoms with E-state index < -0.39 is 6.23 Å². The number of nitrogens with zero attached hydrogens (tertiary/aromatic N) is 1. The monoisotopic (exact) mass is 306 g/mol. The number of nitrogens with two attached hydrogens (primary N) is 1. The van der Waals surface area contributed by atoms with Crippen LogP contribution in [0.2, 0.25) is 0 Å². The van der Waals surface area contributed by atoms with Gasteiger partial charge in [0.25, 0.3) is 0 Å². The SMILES string of the molecule is C=C[C@H](O)Nc1cc(N)c(OC)cc1N1CCC(NC)CC1. The molecule has 0 radical (unpaired) electrons. The van der Waals surface area contributed by atoms with Gasteiger partial charge in [-0.3, -0.25) is 0 Å². The molecule has 0 aliphatic carbocycles. The Balaban J connectivity index is 2.28. The zero-order valence-corrected chi connectivity index (χ0v) is 13.3. The summed E-state index contributed by atoms with van der Waals surface area (Å²) in [6, 6.07) is 4.28. The quantitative estimate of drug-likeness (QED) is 0.361. The second-order valence-corrected chi connectivity index (χ2v) is 5.49. The second kappa shape index (κ2) is 7.38. The van der Waals surface area contributed by atoms with Gasteiger partial charge in [-0.25, -0.2) is 0 Å². The van der Waals surface area contributed by atoms with Crippen molar-refractivity contribution in [3.63, 3.8) is 0 Å². The Hall–Kier alpha value is -1.92. The zero-order valence-electron chi connectivity index (χ0n) is 13.3. The van der Waals surface area contributed by atoms with Crippen LogP contribution < -0.4 is 26.0 Å². The molecular weight excluding hydrogens is 280 g/mol. The molecule has 5 N–H and O–H groups in total. The van der Waals surface area contributed by atoms with E-state index >= 15 is 0 Å². The summed E-state index contributed by atoms with van der Waals surface area (Å²) >= 11 is 0. The summed E-state index contributed by atoms with van der Waals surface area (Å²) in [5, 5.41) is 16.1. The topological polar surface area (TPSA) is 82.8 Å². The van der Waals surface area contributed by atoms with Gasteiger partial charge in [-0.15, -0.1) is 0 Å². The molecule has 1 aliphatic rings. The molecule has 0 unspecified atom stereocenters. The highest BCUT2D eigenvalue weighted by molar-refractivity contribution is 5.78. The third-order valence-electron chi connectivity index (χ3n) is 4.12. The number of hydrogen-bond donors (Lipinski definition) is 4. The van der Waals surface area contributed by atoms with Gasteiger partial charge in [0.1, 0.15) is 12.0 Å². The molecule has 22 heavy (non-hydrogen) atoms. The largest absolute Gasteiger partial charge is 0.495 e. The van der Waals surface area contributed by atoms with Crippen LogP contribution >= 0.6 is 0 Å². The molecule has 6 nitrogen and oxygen atoms in total. The second-order valence-electron chi connectivity index (χ2n) is 5.49. The fourth-order valence-corrected chi connectivity index (χ4v) is 2.77. The molecule has 0 spiro atoms. The van der Waals surface area contributed by atoms with E-state index in [1.165, 1.54) is 6.08 Å². The minimum Gasteiger partial charge on any atom is -0.495 e. The van der Waals surface area contributed by atoms with Crippen molar-refractivity contribution < 1.29 is 9.84 Å². The van der Waals surface area contributed by atoms with E-state index in [4.69, 9.17) is 10.5 Å². The van der Waals surface area contributed by atoms with Crippen LogP contribution in [0, 0.1) is 0 Å². The Kier molecular flexibility index (Phi) is 5.51. The first-order valence-electron chi connectivity index (χ1n) is 7.56. The first-order chi connectivity index (χ1) is 10.6. The predicted molar refractivity (Wildman–Crippen MR) is 91.5 cm³/mol. The van der Waals surface area contributed by atoms with Gasteiger partial charge in [-0.1, -0.05) is 6.58 Å². The molecule has 122 valence electrons. The van der Waals surface area contributed by atoms with Crippen LogP contribution in [0.5, 0.6) is 5.75 Å². The Morgan fingerprint density at radius 1 is 1.45 bits per heavy atom. The lowest BCUT2D eigenvalue weighted by Gasteiger charge is -2.35. The lowest BCUT2D eigenvalue weighted by Crippen LogP contribution is -2.41. The van der Waals surface area contributed by atoms with E-state index in [1.807, 2.05) is 13.1 Å². The van der Waals surface area contributed by atoms with Crippen LogP contribution in [-0.4, -0.2) is 44.6 Å². The molecule has 1 atom stereocenters. The zero-order chi connectivity index (χ0) is 16.1. The highest BCUT2D eigenvalue weighted by atomic mass is 16.5. The van der Waals surface area contributed by atoms with Crippen molar-refractivity contribution in [1.82, 2.24) is 5.32 Å². The van der Waals surface area contributed by atoms with Crippen molar-refractivity contribution in [1.29, 1.82) is 0 Å². The van der Waals surface area contributed by atoms with Crippen molar-refractivity contribution in [3.8, 4) is 5.75 Å². The average molecular weight is 306 g/mol. The van der Waals surface area contributed by atoms with Crippen LogP contribution in [0.4, 0.5) is 17.1 Å². The van der Waals surface area contributed by atoms with Crippen LogP contribution in [0.25, 0.3) is 0 Å². The van der Waals surface area contributed by atoms with Crippen LogP contribution in [0.3, 0.4) is 0 Å². The first-order valence-corrected chi connectivity index (χ1v) is 7.56. The minimum absolute atomic E-state index is 0.537.